The van der Waals surface area contributed by atoms with Gasteiger partial charge in [0.05, 0.1) is 12.2 Å². The van der Waals surface area contributed by atoms with Crippen LogP contribution in [0.15, 0.2) is 9.52 Å². The molecule has 0 aliphatic heterocycles. The van der Waals surface area contributed by atoms with E-state index >= 15 is 0 Å². The first-order valence-electron chi connectivity index (χ1n) is 6.82. The Kier molecular flexibility index (Phi) is 5.26. The van der Waals surface area contributed by atoms with E-state index in [1.165, 1.54) is 4.88 Å². The van der Waals surface area contributed by atoms with Crippen molar-refractivity contribution in [3.8, 4) is 0 Å². The molecule has 0 spiro atoms. The smallest absolute Gasteiger partial charge is 0.223 e. The molecule has 7 nitrogen and oxygen atoms in total. The van der Waals surface area contributed by atoms with E-state index in [9.17, 15) is 0 Å². The van der Waals surface area contributed by atoms with Crippen LogP contribution in [0.3, 0.4) is 0 Å². The lowest BCUT2D eigenvalue weighted by Crippen LogP contribution is -2.36. The van der Waals surface area contributed by atoms with E-state index < -0.39 is 0 Å². The number of aliphatic imine (C=N–C) groups is 1. The van der Waals surface area contributed by atoms with Crippen LogP contribution in [0, 0.1) is 20.8 Å². The van der Waals surface area contributed by atoms with Gasteiger partial charge in [-0.1, -0.05) is 5.16 Å². The lowest BCUT2D eigenvalue weighted by molar-refractivity contribution is 0.387. The molecule has 0 aliphatic rings. The van der Waals surface area contributed by atoms with Crippen molar-refractivity contribution < 1.29 is 4.52 Å². The number of rotatable bonds is 5. The first-order valence-corrected chi connectivity index (χ1v) is 7.64. The lowest BCUT2D eigenvalue weighted by Gasteiger charge is -2.09. The molecular formula is C13H20N6OS. The Balaban J connectivity index is 1.94. The first-order chi connectivity index (χ1) is 10.1. The number of thiazole rings is 1. The fourth-order valence-electron chi connectivity index (χ4n) is 1.67. The molecule has 21 heavy (non-hydrogen) atoms. The standard InChI is InChI=1S/C13H20N6OS/c1-5-14-13(15-6-11-18-10(4)20-19-11)16-7-12-17-8(2)9(3)21-12/h5-7H2,1-4H3,(H2,14,15,16). The molecule has 0 bridgehead atoms. The highest BCUT2D eigenvalue weighted by Crippen LogP contribution is 2.15. The minimum atomic E-state index is 0.378. The van der Waals surface area contributed by atoms with Gasteiger partial charge in [0.15, 0.2) is 11.8 Å². The third-order valence-electron chi connectivity index (χ3n) is 2.77. The molecule has 114 valence electrons. The predicted molar refractivity (Wildman–Crippen MR) is 82.3 cm³/mol. The van der Waals surface area contributed by atoms with Gasteiger partial charge in [-0.15, -0.1) is 11.3 Å². The maximum Gasteiger partial charge on any atom is 0.223 e. The number of guanidine groups is 1. The van der Waals surface area contributed by atoms with Crippen molar-refractivity contribution in [1.82, 2.24) is 25.8 Å². The monoisotopic (exact) mass is 308 g/mol. The van der Waals surface area contributed by atoms with Crippen molar-refractivity contribution in [3.63, 3.8) is 0 Å². The summed E-state index contributed by atoms with van der Waals surface area (Å²) in [5.74, 6) is 1.84. The minimum Gasteiger partial charge on any atom is -0.357 e. The fraction of sp³-hybridized carbons (Fsp3) is 0.538. The highest BCUT2D eigenvalue weighted by Gasteiger charge is 2.06. The third-order valence-corrected chi connectivity index (χ3v) is 3.85. The topological polar surface area (TPSA) is 88.2 Å². The molecule has 0 fully saturated rings. The minimum absolute atomic E-state index is 0.378. The largest absolute Gasteiger partial charge is 0.357 e. The fourth-order valence-corrected chi connectivity index (χ4v) is 2.54. The van der Waals surface area contributed by atoms with Gasteiger partial charge < -0.3 is 15.2 Å². The van der Waals surface area contributed by atoms with Gasteiger partial charge in [0.1, 0.15) is 11.6 Å². The number of hydrogen-bond donors (Lipinski definition) is 2. The zero-order chi connectivity index (χ0) is 15.2. The number of hydrogen-bond acceptors (Lipinski definition) is 6. The Bertz CT molecular complexity index is 598. The van der Waals surface area contributed by atoms with Gasteiger partial charge in [-0.25, -0.2) is 9.98 Å². The summed E-state index contributed by atoms with van der Waals surface area (Å²) in [6.45, 7) is 9.69. The Hall–Kier alpha value is -1.96. The Labute approximate surface area is 127 Å². The maximum absolute atomic E-state index is 4.92. The summed E-state index contributed by atoms with van der Waals surface area (Å²) in [5.41, 5.74) is 1.08. The van der Waals surface area contributed by atoms with Crippen LogP contribution >= 0.6 is 11.3 Å². The Morgan fingerprint density at radius 3 is 2.62 bits per heavy atom. The molecule has 2 N–H and O–H groups in total. The van der Waals surface area contributed by atoms with Gasteiger partial charge in [0.2, 0.25) is 5.89 Å². The summed E-state index contributed by atoms with van der Waals surface area (Å²) >= 11 is 1.70. The Morgan fingerprint density at radius 2 is 2.05 bits per heavy atom. The molecule has 8 heteroatoms. The summed E-state index contributed by atoms with van der Waals surface area (Å²) in [7, 11) is 0. The van der Waals surface area contributed by atoms with Crippen molar-refractivity contribution in [1.29, 1.82) is 0 Å². The van der Waals surface area contributed by atoms with Crippen LogP contribution in [0.4, 0.5) is 0 Å². The van der Waals surface area contributed by atoms with E-state index in [-0.39, 0.29) is 0 Å². The molecule has 0 atom stereocenters. The maximum atomic E-state index is 4.92. The third kappa shape index (κ3) is 4.52. The van der Waals surface area contributed by atoms with E-state index in [4.69, 9.17) is 4.52 Å². The number of aryl methyl sites for hydroxylation is 3. The van der Waals surface area contributed by atoms with E-state index in [1.807, 2.05) is 13.8 Å². The van der Waals surface area contributed by atoms with Crippen LogP contribution in [0.5, 0.6) is 0 Å². The molecule has 2 aromatic rings. The van der Waals surface area contributed by atoms with Gasteiger partial charge >= 0.3 is 0 Å². The van der Waals surface area contributed by atoms with Crippen LogP contribution in [-0.4, -0.2) is 27.6 Å². The normalized spacial score (nSPS) is 11.7. The lowest BCUT2D eigenvalue weighted by atomic mass is 10.4. The quantitative estimate of drug-likeness (QED) is 0.646. The zero-order valence-electron chi connectivity index (χ0n) is 12.7. The van der Waals surface area contributed by atoms with Crippen molar-refractivity contribution in [2.45, 2.75) is 40.8 Å². The summed E-state index contributed by atoms with van der Waals surface area (Å²) in [4.78, 5) is 14.3. The number of aromatic nitrogens is 3. The molecule has 0 saturated heterocycles. The molecule has 0 amide bonds. The summed E-state index contributed by atoms with van der Waals surface area (Å²) in [5, 5.41) is 11.3. The molecule has 2 aromatic heterocycles. The second-order valence-corrected chi connectivity index (χ2v) is 5.82. The SMILES string of the molecule is CCNC(=NCc1noc(C)n1)NCc1nc(C)c(C)s1. The van der Waals surface area contributed by atoms with Crippen LogP contribution < -0.4 is 10.6 Å². The van der Waals surface area contributed by atoms with E-state index in [1.54, 1.807) is 18.3 Å². The highest BCUT2D eigenvalue weighted by molar-refractivity contribution is 7.11. The molecule has 0 aromatic carbocycles. The average Bonchev–Trinajstić information content (AvgIpc) is 3.00. The average molecular weight is 308 g/mol. The molecular weight excluding hydrogens is 288 g/mol. The van der Waals surface area contributed by atoms with Gasteiger partial charge in [-0.3, -0.25) is 0 Å². The van der Waals surface area contributed by atoms with Crippen molar-refractivity contribution in [2.75, 3.05) is 6.54 Å². The van der Waals surface area contributed by atoms with Crippen LogP contribution in [0.25, 0.3) is 0 Å². The second kappa shape index (κ2) is 7.16. The number of nitrogens with one attached hydrogen (secondary N) is 2. The highest BCUT2D eigenvalue weighted by atomic mass is 32.1. The predicted octanol–water partition coefficient (Wildman–Crippen LogP) is 1.71. The number of nitrogens with zero attached hydrogens (tertiary/aromatic N) is 4. The zero-order valence-corrected chi connectivity index (χ0v) is 13.5. The molecule has 0 radical (unpaired) electrons. The second-order valence-electron chi connectivity index (χ2n) is 4.53. The molecule has 0 unspecified atom stereocenters. The van der Waals surface area contributed by atoms with Gasteiger partial charge in [0, 0.05) is 18.3 Å². The summed E-state index contributed by atoms with van der Waals surface area (Å²) < 4.78 is 4.92. The summed E-state index contributed by atoms with van der Waals surface area (Å²) in [6, 6.07) is 0. The molecule has 0 aliphatic carbocycles. The molecule has 2 heterocycles. The van der Waals surface area contributed by atoms with Crippen molar-refractivity contribution in [2.24, 2.45) is 4.99 Å². The van der Waals surface area contributed by atoms with Crippen LogP contribution in [-0.2, 0) is 13.1 Å². The Morgan fingerprint density at radius 1 is 1.24 bits per heavy atom. The van der Waals surface area contributed by atoms with Crippen molar-refractivity contribution >= 4 is 17.3 Å². The van der Waals surface area contributed by atoms with Crippen LogP contribution in [0.1, 0.15) is 34.2 Å². The molecule has 0 saturated carbocycles. The van der Waals surface area contributed by atoms with Crippen molar-refractivity contribution in [3.05, 3.63) is 27.3 Å². The van der Waals surface area contributed by atoms with E-state index in [2.05, 4.69) is 37.7 Å². The van der Waals surface area contributed by atoms with Gasteiger partial charge in [0.25, 0.3) is 0 Å². The van der Waals surface area contributed by atoms with E-state index in [0.717, 1.165) is 17.2 Å². The van der Waals surface area contributed by atoms with Crippen LogP contribution in [0.2, 0.25) is 0 Å². The van der Waals surface area contributed by atoms with E-state index in [0.29, 0.717) is 30.8 Å². The summed E-state index contributed by atoms with van der Waals surface area (Å²) in [6.07, 6.45) is 0. The van der Waals surface area contributed by atoms with Gasteiger partial charge in [-0.05, 0) is 20.8 Å². The van der Waals surface area contributed by atoms with Gasteiger partial charge in [-0.2, -0.15) is 4.98 Å². The first kappa shape index (κ1) is 15.4. The molecule has 2 rings (SSSR count).